The first-order valence-electron chi connectivity index (χ1n) is 5.76. The molecule has 0 heterocycles. The predicted molar refractivity (Wildman–Crippen MR) is 71.8 cm³/mol. The Bertz CT molecular complexity index is 308. The van der Waals surface area contributed by atoms with E-state index in [1.165, 1.54) is 0 Å². The Labute approximate surface area is 104 Å². The zero-order valence-electron chi connectivity index (χ0n) is 11.3. The Morgan fingerprint density at radius 3 is 2.47 bits per heavy atom. The maximum Gasteiger partial charge on any atom is 0.227 e. The Morgan fingerprint density at radius 1 is 1.41 bits per heavy atom. The first-order valence-corrected chi connectivity index (χ1v) is 5.76. The quantitative estimate of drug-likeness (QED) is 0.362. The zero-order chi connectivity index (χ0) is 13.5. The van der Waals surface area contributed by atoms with Crippen LogP contribution in [0.15, 0.2) is 17.1 Å². The van der Waals surface area contributed by atoms with Gasteiger partial charge in [0.15, 0.2) is 5.96 Å². The van der Waals surface area contributed by atoms with Crippen LogP contribution >= 0.6 is 0 Å². The van der Waals surface area contributed by atoms with Crippen molar-refractivity contribution in [3.05, 3.63) is 12.2 Å². The molecule has 0 fully saturated rings. The number of aliphatic imine (C=N–C) groups is 1. The third kappa shape index (κ3) is 6.60. The first kappa shape index (κ1) is 15.5. The Kier molecular flexibility index (Phi) is 6.31. The SMILES string of the molecule is C=C(C)CNC(N)=NCC(C)(C)C(=O)NCC. The lowest BCUT2D eigenvalue weighted by Gasteiger charge is -2.21. The Morgan fingerprint density at radius 2 is 2.00 bits per heavy atom. The van der Waals surface area contributed by atoms with E-state index in [1.807, 2.05) is 27.7 Å². The van der Waals surface area contributed by atoms with E-state index < -0.39 is 5.41 Å². The van der Waals surface area contributed by atoms with Crippen LogP contribution in [0, 0.1) is 5.41 Å². The number of guanidine groups is 1. The number of amides is 1. The number of carbonyl (C=O) groups is 1. The fourth-order valence-corrected chi connectivity index (χ4v) is 1.05. The van der Waals surface area contributed by atoms with Gasteiger partial charge in [-0.05, 0) is 27.7 Å². The van der Waals surface area contributed by atoms with Gasteiger partial charge in [0.2, 0.25) is 5.91 Å². The second-order valence-electron chi connectivity index (χ2n) is 4.76. The minimum absolute atomic E-state index is 0.0172. The van der Waals surface area contributed by atoms with Gasteiger partial charge in [0.25, 0.3) is 0 Å². The van der Waals surface area contributed by atoms with Crippen LogP contribution in [0.25, 0.3) is 0 Å². The number of hydrogen-bond donors (Lipinski definition) is 3. The van der Waals surface area contributed by atoms with Gasteiger partial charge in [-0.1, -0.05) is 12.2 Å². The molecular weight excluding hydrogens is 216 g/mol. The number of hydrogen-bond acceptors (Lipinski definition) is 2. The highest BCUT2D eigenvalue weighted by Crippen LogP contribution is 2.15. The maximum atomic E-state index is 11.7. The van der Waals surface area contributed by atoms with Crippen LogP contribution in [0.4, 0.5) is 0 Å². The molecule has 0 aromatic heterocycles. The van der Waals surface area contributed by atoms with Gasteiger partial charge in [-0.2, -0.15) is 0 Å². The average molecular weight is 240 g/mol. The summed E-state index contributed by atoms with van der Waals surface area (Å²) >= 11 is 0. The first-order chi connectivity index (χ1) is 7.79. The smallest absolute Gasteiger partial charge is 0.227 e. The highest BCUT2D eigenvalue weighted by Gasteiger charge is 2.26. The minimum atomic E-state index is -0.550. The van der Waals surface area contributed by atoms with Crippen molar-refractivity contribution < 1.29 is 4.79 Å². The summed E-state index contributed by atoms with van der Waals surface area (Å²) in [7, 11) is 0. The summed E-state index contributed by atoms with van der Waals surface area (Å²) in [5, 5.41) is 5.70. The average Bonchev–Trinajstić information content (AvgIpc) is 2.24. The van der Waals surface area contributed by atoms with Crippen LogP contribution in [-0.4, -0.2) is 31.5 Å². The Hall–Kier alpha value is -1.52. The number of carbonyl (C=O) groups excluding carboxylic acids is 1. The summed E-state index contributed by atoms with van der Waals surface area (Å²) in [5.41, 5.74) is 6.10. The Balaban J connectivity index is 4.27. The highest BCUT2D eigenvalue weighted by atomic mass is 16.2. The topological polar surface area (TPSA) is 79.5 Å². The molecule has 0 bridgehead atoms. The van der Waals surface area contributed by atoms with Gasteiger partial charge < -0.3 is 16.4 Å². The fourth-order valence-electron chi connectivity index (χ4n) is 1.05. The van der Waals surface area contributed by atoms with Gasteiger partial charge in [0.1, 0.15) is 0 Å². The van der Waals surface area contributed by atoms with Gasteiger partial charge in [-0.3, -0.25) is 9.79 Å². The third-order valence-corrected chi connectivity index (χ3v) is 2.17. The van der Waals surface area contributed by atoms with E-state index >= 15 is 0 Å². The summed E-state index contributed by atoms with van der Waals surface area (Å²) in [6, 6.07) is 0. The van der Waals surface area contributed by atoms with Crippen molar-refractivity contribution in [1.29, 1.82) is 0 Å². The van der Waals surface area contributed by atoms with Crippen molar-refractivity contribution in [3.63, 3.8) is 0 Å². The number of rotatable bonds is 6. The lowest BCUT2D eigenvalue weighted by molar-refractivity contribution is -0.128. The molecule has 0 radical (unpaired) electrons. The molecule has 17 heavy (non-hydrogen) atoms. The molecule has 5 nitrogen and oxygen atoms in total. The lowest BCUT2D eigenvalue weighted by Crippen LogP contribution is -2.40. The van der Waals surface area contributed by atoms with Crippen LogP contribution < -0.4 is 16.4 Å². The van der Waals surface area contributed by atoms with Crippen molar-refractivity contribution in [2.75, 3.05) is 19.6 Å². The van der Waals surface area contributed by atoms with Crippen molar-refractivity contribution in [2.45, 2.75) is 27.7 Å². The van der Waals surface area contributed by atoms with Crippen LogP contribution in [0.5, 0.6) is 0 Å². The van der Waals surface area contributed by atoms with E-state index in [1.54, 1.807) is 0 Å². The van der Waals surface area contributed by atoms with Crippen LogP contribution in [0.1, 0.15) is 27.7 Å². The molecule has 0 atom stereocenters. The number of nitrogens with two attached hydrogens (primary N) is 1. The predicted octanol–water partition coefficient (Wildman–Crippen LogP) is 0.629. The van der Waals surface area contributed by atoms with E-state index in [4.69, 9.17) is 5.73 Å². The molecule has 0 aromatic rings. The van der Waals surface area contributed by atoms with E-state index in [0.29, 0.717) is 25.6 Å². The molecule has 0 saturated heterocycles. The lowest BCUT2D eigenvalue weighted by atomic mass is 9.92. The molecule has 1 amide bonds. The summed E-state index contributed by atoms with van der Waals surface area (Å²) in [5.74, 6) is 0.321. The normalized spacial score (nSPS) is 12.1. The van der Waals surface area contributed by atoms with Crippen LogP contribution in [0.2, 0.25) is 0 Å². The largest absolute Gasteiger partial charge is 0.370 e. The second-order valence-corrected chi connectivity index (χ2v) is 4.76. The molecule has 0 spiro atoms. The van der Waals surface area contributed by atoms with Gasteiger partial charge in [-0.15, -0.1) is 0 Å². The van der Waals surface area contributed by atoms with E-state index in [-0.39, 0.29) is 5.91 Å². The minimum Gasteiger partial charge on any atom is -0.370 e. The van der Waals surface area contributed by atoms with Crippen LogP contribution in [-0.2, 0) is 4.79 Å². The van der Waals surface area contributed by atoms with Gasteiger partial charge in [0, 0.05) is 13.1 Å². The fraction of sp³-hybridized carbons (Fsp3) is 0.667. The molecule has 98 valence electrons. The number of nitrogens with zero attached hydrogens (tertiary/aromatic N) is 1. The summed E-state index contributed by atoms with van der Waals surface area (Å²) < 4.78 is 0. The maximum absolute atomic E-state index is 11.7. The van der Waals surface area contributed by atoms with E-state index in [9.17, 15) is 4.79 Å². The molecule has 0 aliphatic heterocycles. The zero-order valence-corrected chi connectivity index (χ0v) is 11.3. The molecule has 0 rings (SSSR count). The van der Waals surface area contributed by atoms with Crippen molar-refractivity contribution >= 4 is 11.9 Å². The third-order valence-electron chi connectivity index (χ3n) is 2.17. The van der Waals surface area contributed by atoms with Crippen LogP contribution in [0.3, 0.4) is 0 Å². The molecule has 0 aromatic carbocycles. The molecule has 0 saturated carbocycles. The molecule has 0 aliphatic rings. The summed E-state index contributed by atoms with van der Waals surface area (Å²) in [6.07, 6.45) is 0. The van der Waals surface area contributed by atoms with E-state index in [0.717, 1.165) is 5.57 Å². The monoisotopic (exact) mass is 240 g/mol. The molecule has 4 N–H and O–H groups in total. The molecule has 5 heteroatoms. The van der Waals surface area contributed by atoms with E-state index in [2.05, 4.69) is 22.2 Å². The number of nitrogens with one attached hydrogen (secondary N) is 2. The summed E-state index contributed by atoms with van der Waals surface area (Å²) in [6.45, 7) is 12.8. The summed E-state index contributed by atoms with van der Waals surface area (Å²) in [4.78, 5) is 15.8. The van der Waals surface area contributed by atoms with Crippen molar-refractivity contribution in [2.24, 2.45) is 16.1 Å². The van der Waals surface area contributed by atoms with Gasteiger partial charge >= 0.3 is 0 Å². The second kappa shape index (κ2) is 6.93. The molecule has 0 unspecified atom stereocenters. The highest BCUT2D eigenvalue weighted by molar-refractivity contribution is 5.83. The molecular formula is C12H24N4O. The standard InChI is InChI=1S/C12H24N4O/c1-6-14-10(17)12(4,5)8-16-11(13)15-7-9(2)3/h2,6-8H2,1,3-5H3,(H,14,17)(H3,13,15,16). The van der Waals surface area contributed by atoms with Gasteiger partial charge in [-0.25, -0.2) is 0 Å². The van der Waals surface area contributed by atoms with Crippen molar-refractivity contribution in [3.8, 4) is 0 Å². The molecule has 0 aliphatic carbocycles. The van der Waals surface area contributed by atoms with Crippen molar-refractivity contribution in [1.82, 2.24) is 10.6 Å². The van der Waals surface area contributed by atoms with Gasteiger partial charge in [0.05, 0.1) is 12.0 Å².